The number of nitrogens with one attached hydrogen (secondary N) is 2. The van der Waals surface area contributed by atoms with Gasteiger partial charge in [0, 0.05) is 0 Å². The summed E-state index contributed by atoms with van der Waals surface area (Å²) in [7, 11) is 0. The van der Waals surface area contributed by atoms with Crippen LogP contribution in [0, 0.1) is 0 Å². The van der Waals surface area contributed by atoms with Crippen molar-refractivity contribution in [2.24, 2.45) is 0 Å². The molecule has 0 spiro atoms. The van der Waals surface area contributed by atoms with E-state index in [1.807, 2.05) is 5.32 Å². The number of halogens is 3. The lowest BCUT2D eigenvalue weighted by atomic mass is 10.1. The van der Waals surface area contributed by atoms with Crippen molar-refractivity contribution in [2.75, 3.05) is 6.54 Å². The van der Waals surface area contributed by atoms with Crippen LogP contribution in [0.3, 0.4) is 0 Å². The van der Waals surface area contributed by atoms with E-state index in [1.54, 1.807) is 30.3 Å². The van der Waals surface area contributed by atoms with E-state index in [0.29, 0.717) is 5.56 Å². The van der Waals surface area contributed by atoms with Gasteiger partial charge >= 0.3 is 12.1 Å². The van der Waals surface area contributed by atoms with Gasteiger partial charge in [0.2, 0.25) is 0 Å². The van der Waals surface area contributed by atoms with Gasteiger partial charge in [-0.25, -0.2) is 4.79 Å². The third-order valence-corrected chi connectivity index (χ3v) is 2.96. The summed E-state index contributed by atoms with van der Waals surface area (Å²) in [5.41, 5.74) is -1.01. The van der Waals surface area contributed by atoms with Crippen molar-refractivity contribution < 1.29 is 22.7 Å². The first-order chi connectivity index (χ1) is 9.88. The number of esters is 1. The number of hydrogen-bond acceptors (Lipinski definition) is 3. The van der Waals surface area contributed by atoms with Crippen molar-refractivity contribution in [1.82, 2.24) is 10.6 Å². The fourth-order valence-corrected chi connectivity index (χ4v) is 1.89. The molecule has 112 valence electrons. The highest BCUT2D eigenvalue weighted by atomic mass is 32.1. The molecule has 1 aliphatic rings. The number of ether oxygens (including phenoxy) is 1. The molecule has 21 heavy (non-hydrogen) atoms. The predicted molar refractivity (Wildman–Crippen MR) is 73.1 cm³/mol. The van der Waals surface area contributed by atoms with E-state index in [2.05, 4.69) is 17.5 Å². The molecule has 1 aliphatic heterocycles. The van der Waals surface area contributed by atoms with Gasteiger partial charge in [0.15, 0.2) is 5.11 Å². The van der Waals surface area contributed by atoms with Crippen molar-refractivity contribution in [3.8, 4) is 0 Å². The average Bonchev–Trinajstić information content (AvgIpc) is 2.45. The first-order valence-electron chi connectivity index (χ1n) is 5.94. The third kappa shape index (κ3) is 3.94. The number of benzene rings is 1. The Kier molecular flexibility index (Phi) is 4.46. The van der Waals surface area contributed by atoms with E-state index < -0.39 is 23.4 Å². The summed E-state index contributed by atoms with van der Waals surface area (Å²) in [4.78, 5) is 11.8. The van der Waals surface area contributed by atoms with Crippen LogP contribution in [0.25, 0.3) is 0 Å². The maximum Gasteiger partial charge on any atom is 0.431 e. The Bertz CT molecular complexity index is 585. The van der Waals surface area contributed by atoms with E-state index in [0.717, 1.165) is 0 Å². The second-order valence-corrected chi connectivity index (χ2v) is 4.63. The molecule has 0 fully saturated rings. The molecule has 2 N–H and O–H groups in total. The molecule has 0 atom stereocenters. The minimum Gasteiger partial charge on any atom is -0.457 e. The maximum absolute atomic E-state index is 12.9. The summed E-state index contributed by atoms with van der Waals surface area (Å²) in [6, 6.07) is 8.68. The maximum atomic E-state index is 12.9. The molecule has 0 amide bonds. The SMILES string of the molecule is O=C(OCc1ccccc1)C1=C(C(F)(F)F)NC(=S)NC1. The van der Waals surface area contributed by atoms with Crippen LogP contribution in [0.15, 0.2) is 41.6 Å². The molecular weight excluding hydrogens is 305 g/mol. The fraction of sp³-hybridized carbons (Fsp3) is 0.231. The van der Waals surface area contributed by atoms with Gasteiger partial charge in [0.25, 0.3) is 0 Å². The first-order valence-corrected chi connectivity index (χ1v) is 6.35. The molecule has 1 aromatic carbocycles. The lowest BCUT2D eigenvalue weighted by Crippen LogP contribution is -2.47. The Balaban J connectivity index is 2.13. The molecule has 1 aromatic rings. The monoisotopic (exact) mass is 316 g/mol. The van der Waals surface area contributed by atoms with Gasteiger partial charge in [-0.15, -0.1) is 0 Å². The number of thiocarbonyl (C=S) groups is 1. The highest BCUT2D eigenvalue weighted by molar-refractivity contribution is 7.80. The second-order valence-electron chi connectivity index (χ2n) is 4.22. The standard InChI is InChI=1S/C13H11F3N2O2S/c14-13(15,16)10-9(6-17-12(21)18-10)11(19)20-7-8-4-2-1-3-5-8/h1-5H,6-7H2,(H2,17,18,21). The van der Waals surface area contributed by atoms with Crippen molar-refractivity contribution in [3.05, 3.63) is 47.2 Å². The summed E-state index contributed by atoms with van der Waals surface area (Å²) >= 11 is 4.62. The van der Waals surface area contributed by atoms with E-state index >= 15 is 0 Å². The van der Waals surface area contributed by atoms with Gasteiger partial charge in [-0.2, -0.15) is 13.2 Å². The third-order valence-electron chi connectivity index (χ3n) is 2.71. The zero-order chi connectivity index (χ0) is 15.5. The van der Waals surface area contributed by atoms with Crippen LogP contribution in [-0.4, -0.2) is 23.8 Å². The number of alkyl halides is 3. The molecule has 0 saturated carbocycles. The number of allylic oxidation sites excluding steroid dienone is 1. The van der Waals surface area contributed by atoms with Gasteiger partial charge in [0.1, 0.15) is 12.3 Å². The van der Waals surface area contributed by atoms with Crippen LogP contribution in [0.5, 0.6) is 0 Å². The molecule has 0 aliphatic carbocycles. The van der Waals surface area contributed by atoms with Gasteiger partial charge < -0.3 is 15.4 Å². The van der Waals surface area contributed by atoms with Gasteiger partial charge in [-0.1, -0.05) is 30.3 Å². The zero-order valence-corrected chi connectivity index (χ0v) is 11.5. The Morgan fingerprint density at radius 2 is 1.95 bits per heavy atom. The number of rotatable bonds is 3. The molecule has 0 radical (unpaired) electrons. The Labute approximate surface area is 124 Å². The summed E-state index contributed by atoms with van der Waals surface area (Å²) in [5.74, 6) is -1.03. The second kappa shape index (κ2) is 6.13. The minimum absolute atomic E-state index is 0.0985. The van der Waals surface area contributed by atoms with Crippen LogP contribution < -0.4 is 10.6 Å². The number of carbonyl (C=O) groups is 1. The van der Waals surface area contributed by atoms with Gasteiger partial charge in [0.05, 0.1) is 12.1 Å². The normalized spacial score (nSPS) is 15.3. The van der Waals surface area contributed by atoms with E-state index in [4.69, 9.17) is 4.74 Å². The average molecular weight is 316 g/mol. The van der Waals surface area contributed by atoms with Crippen LogP contribution in [-0.2, 0) is 16.1 Å². The van der Waals surface area contributed by atoms with Crippen molar-refractivity contribution in [1.29, 1.82) is 0 Å². The van der Waals surface area contributed by atoms with Crippen LogP contribution in [0.1, 0.15) is 5.56 Å². The molecule has 8 heteroatoms. The lowest BCUT2D eigenvalue weighted by molar-refractivity contribution is -0.142. The molecule has 4 nitrogen and oxygen atoms in total. The van der Waals surface area contributed by atoms with E-state index in [-0.39, 0.29) is 18.3 Å². The zero-order valence-electron chi connectivity index (χ0n) is 10.7. The van der Waals surface area contributed by atoms with Gasteiger partial charge in [-0.05, 0) is 17.8 Å². The molecule has 0 aromatic heterocycles. The largest absolute Gasteiger partial charge is 0.457 e. The van der Waals surface area contributed by atoms with Crippen LogP contribution in [0.2, 0.25) is 0 Å². The van der Waals surface area contributed by atoms with Gasteiger partial charge in [-0.3, -0.25) is 0 Å². The Morgan fingerprint density at radius 3 is 2.57 bits per heavy atom. The highest BCUT2D eigenvalue weighted by Crippen LogP contribution is 2.28. The smallest absolute Gasteiger partial charge is 0.431 e. The first kappa shape index (κ1) is 15.3. The fourth-order valence-electron chi connectivity index (χ4n) is 1.72. The highest BCUT2D eigenvalue weighted by Gasteiger charge is 2.41. The number of hydrogen-bond donors (Lipinski definition) is 2. The molecule has 2 rings (SSSR count). The Hall–Kier alpha value is -2.09. The predicted octanol–water partition coefficient (Wildman–Crippen LogP) is 2.02. The molecule has 0 unspecified atom stereocenters. The van der Waals surface area contributed by atoms with Crippen molar-refractivity contribution >= 4 is 23.3 Å². The van der Waals surface area contributed by atoms with Crippen molar-refractivity contribution in [3.63, 3.8) is 0 Å². The summed E-state index contributed by atoms with van der Waals surface area (Å²) in [6.45, 7) is -0.424. The van der Waals surface area contributed by atoms with E-state index in [9.17, 15) is 18.0 Å². The van der Waals surface area contributed by atoms with Crippen molar-refractivity contribution in [2.45, 2.75) is 12.8 Å². The summed E-state index contributed by atoms with van der Waals surface area (Å²) < 4.78 is 43.5. The molecule has 1 heterocycles. The van der Waals surface area contributed by atoms with Crippen LogP contribution in [0.4, 0.5) is 13.2 Å². The minimum atomic E-state index is -4.70. The molecule has 0 saturated heterocycles. The lowest BCUT2D eigenvalue weighted by Gasteiger charge is -2.24. The number of carbonyl (C=O) groups excluding carboxylic acids is 1. The summed E-state index contributed by atoms with van der Waals surface area (Å²) in [5, 5.41) is 4.26. The quantitative estimate of drug-likeness (QED) is 0.660. The molecular formula is C13H11F3N2O2S. The Morgan fingerprint density at radius 1 is 1.29 bits per heavy atom. The van der Waals surface area contributed by atoms with Crippen LogP contribution >= 0.6 is 12.2 Å². The van der Waals surface area contributed by atoms with E-state index in [1.165, 1.54) is 0 Å². The summed E-state index contributed by atoms with van der Waals surface area (Å²) in [6.07, 6.45) is -4.70. The molecule has 0 bridgehead atoms. The topological polar surface area (TPSA) is 50.4 Å².